The predicted molar refractivity (Wildman–Crippen MR) is 79.0 cm³/mol. The number of piperidine rings is 1. The van der Waals surface area contributed by atoms with Crippen molar-refractivity contribution in [2.75, 3.05) is 13.1 Å². The number of aromatic nitrogens is 2. The molecule has 1 aromatic carbocycles. The SMILES string of the molecule is CC1CCCN(C(=O)c2nnc(-c3ccc(Cl)cc3)o2)C1. The second kappa shape index (κ2) is 5.85. The highest BCUT2D eigenvalue weighted by Crippen LogP contribution is 2.22. The average Bonchev–Trinajstić information content (AvgIpc) is 2.97. The molecule has 5 nitrogen and oxygen atoms in total. The molecule has 0 spiro atoms. The summed E-state index contributed by atoms with van der Waals surface area (Å²) in [4.78, 5) is 14.1. The van der Waals surface area contributed by atoms with Crippen LogP contribution >= 0.6 is 11.6 Å². The summed E-state index contributed by atoms with van der Waals surface area (Å²) >= 11 is 5.84. The second-order valence-corrected chi connectivity index (χ2v) is 5.85. The summed E-state index contributed by atoms with van der Waals surface area (Å²) in [6, 6.07) is 7.06. The number of carbonyl (C=O) groups excluding carboxylic acids is 1. The van der Waals surface area contributed by atoms with Gasteiger partial charge in [0.25, 0.3) is 0 Å². The van der Waals surface area contributed by atoms with Gasteiger partial charge in [-0.15, -0.1) is 10.2 Å². The van der Waals surface area contributed by atoms with Crippen molar-refractivity contribution in [3.63, 3.8) is 0 Å². The topological polar surface area (TPSA) is 59.2 Å². The van der Waals surface area contributed by atoms with Crippen molar-refractivity contribution in [3.05, 3.63) is 35.2 Å². The normalized spacial score (nSPS) is 18.8. The lowest BCUT2D eigenvalue weighted by Crippen LogP contribution is -2.39. The summed E-state index contributed by atoms with van der Waals surface area (Å²) in [5.74, 6) is 0.713. The molecular weight excluding hydrogens is 290 g/mol. The van der Waals surface area contributed by atoms with Crippen LogP contribution in [0.1, 0.15) is 30.5 Å². The van der Waals surface area contributed by atoms with Gasteiger partial charge >= 0.3 is 11.8 Å². The fourth-order valence-electron chi connectivity index (χ4n) is 2.53. The third kappa shape index (κ3) is 3.08. The zero-order valence-corrected chi connectivity index (χ0v) is 12.5. The van der Waals surface area contributed by atoms with Crippen LogP contribution in [0.2, 0.25) is 5.02 Å². The number of carbonyl (C=O) groups is 1. The first-order chi connectivity index (χ1) is 10.1. The van der Waals surface area contributed by atoms with Gasteiger partial charge in [-0.25, -0.2) is 0 Å². The van der Waals surface area contributed by atoms with E-state index >= 15 is 0 Å². The Bertz CT molecular complexity index is 639. The molecule has 21 heavy (non-hydrogen) atoms. The maximum Gasteiger partial charge on any atom is 0.311 e. The molecule has 110 valence electrons. The van der Waals surface area contributed by atoms with E-state index in [2.05, 4.69) is 17.1 Å². The van der Waals surface area contributed by atoms with Crippen LogP contribution in [0.25, 0.3) is 11.5 Å². The van der Waals surface area contributed by atoms with Gasteiger partial charge in [0.1, 0.15) is 0 Å². The number of nitrogens with zero attached hydrogens (tertiary/aromatic N) is 3. The van der Waals surface area contributed by atoms with Crippen molar-refractivity contribution < 1.29 is 9.21 Å². The molecule has 1 atom stereocenters. The lowest BCUT2D eigenvalue weighted by molar-refractivity contribution is 0.0643. The summed E-state index contributed by atoms with van der Waals surface area (Å²) in [7, 11) is 0. The molecule has 0 radical (unpaired) electrons. The van der Waals surface area contributed by atoms with E-state index in [0.717, 1.165) is 31.5 Å². The van der Waals surface area contributed by atoms with Gasteiger partial charge in [0.05, 0.1) is 0 Å². The van der Waals surface area contributed by atoms with Crippen LogP contribution in [0.4, 0.5) is 0 Å². The third-order valence-corrected chi connectivity index (χ3v) is 3.90. The van der Waals surface area contributed by atoms with Crippen LogP contribution < -0.4 is 0 Å². The Morgan fingerprint density at radius 2 is 2.10 bits per heavy atom. The van der Waals surface area contributed by atoms with E-state index < -0.39 is 0 Å². The molecule has 3 rings (SSSR count). The third-order valence-electron chi connectivity index (χ3n) is 3.64. The highest BCUT2D eigenvalue weighted by molar-refractivity contribution is 6.30. The number of hydrogen-bond acceptors (Lipinski definition) is 4. The van der Waals surface area contributed by atoms with Gasteiger partial charge in [-0.05, 0) is 43.0 Å². The molecule has 1 fully saturated rings. The van der Waals surface area contributed by atoms with E-state index in [1.807, 2.05) is 0 Å². The maximum atomic E-state index is 12.4. The predicted octanol–water partition coefficient (Wildman–Crippen LogP) is 3.26. The van der Waals surface area contributed by atoms with E-state index in [9.17, 15) is 4.79 Å². The zero-order chi connectivity index (χ0) is 14.8. The number of amides is 1. The molecule has 1 aliphatic heterocycles. The Labute approximate surface area is 127 Å². The molecule has 0 N–H and O–H groups in total. The number of hydrogen-bond donors (Lipinski definition) is 0. The number of benzene rings is 1. The minimum absolute atomic E-state index is 0.0500. The van der Waals surface area contributed by atoms with E-state index in [1.165, 1.54) is 0 Å². The molecule has 1 saturated heterocycles. The fourth-order valence-corrected chi connectivity index (χ4v) is 2.65. The Balaban J connectivity index is 1.78. The molecule has 2 heterocycles. The van der Waals surface area contributed by atoms with E-state index in [1.54, 1.807) is 29.2 Å². The first kappa shape index (κ1) is 14.1. The minimum Gasteiger partial charge on any atom is -0.412 e. The van der Waals surface area contributed by atoms with Crippen LogP contribution in [0, 0.1) is 5.92 Å². The van der Waals surface area contributed by atoms with Gasteiger partial charge in [-0.3, -0.25) is 4.79 Å². The smallest absolute Gasteiger partial charge is 0.311 e. The quantitative estimate of drug-likeness (QED) is 0.854. The largest absolute Gasteiger partial charge is 0.412 e. The number of likely N-dealkylation sites (tertiary alicyclic amines) is 1. The monoisotopic (exact) mass is 305 g/mol. The Kier molecular flexibility index (Phi) is 3.92. The van der Waals surface area contributed by atoms with Crippen LogP contribution in [0.3, 0.4) is 0 Å². The van der Waals surface area contributed by atoms with E-state index in [-0.39, 0.29) is 11.8 Å². The van der Waals surface area contributed by atoms with Gasteiger partial charge in [0.15, 0.2) is 0 Å². The number of rotatable bonds is 2. The molecule has 1 amide bonds. The molecule has 1 unspecified atom stereocenters. The first-order valence-corrected chi connectivity index (χ1v) is 7.40. The highest BCUT2D eigenvalue weighted by atomic mass is 35.5. The summed E-state index contributed by atoms with van der Waals surface area (Å²) in [5.41, 5.74) is 0.748. The van der Waals surface area contributed by atoms with Crippen LogP contribution in [-0.4, -0.2) is 34.1 Å². The summed E-state index contributed by atoms with van der Waals surface area (Å²) in [6.07, 6.45) is 2.18. The van der Waals surface area contributed by atoms with Crippen LogP contribution in [0.5, 0.6) is 0 Å². The van der Waals surface area contributed by atoms with Crippen molar-refractivity contribution in [1.29, 1.82) is 0 Å². The molecule has 1 aromatic heterocycles. The van der Waals surface area contributed by atoms with Crippen LogP contribution in [0.15, 0.2) is 28.7 Å². The average molecular weight is 306 g/mol. The Hall–Kier alpha value is -1.88. The molecule has 1 aliphatic rings. The first-order valence-electron chi connectivity index (χ1n) is 7.02. The van der Waals surface area contributed by atoms with E-state index in [0.29, 0.717) is 16.8 Å². The Morgan fingerprint density at radius 1 is 1.33 bits per heavy atom. The van der Waals surface area contributed by atoms with Gasteiger partial charge in [0.2, 0.25) is 5.89 Å². The summed E-state index contributed by atoms with van der Waals surface area (Å²) in [6.45, 7) is 3.64. The van der Waals surface area contributed by atoms with E-state index in [4.69, 9.17) is 16.0 Å². The summed E-state index contributed by atoms with van der Waals surface area (Å²) < 4.78 is 5.50. The van der Waals surface area contributed by atoms with Gasteiger partial charge in [-0.2, -0.15) is 0 Å². The lowest BCUT2D eigenvalue weighted by atomic mass is 10.0. The summed E-state index contributed by atoms with van der Waals surface area (Å²) in [5, 5.41) is 8.45. The molecule has 0 bridgehead atoms. The van der Waals surface area contributed by atoms with Gasteiger partial charge in [-0.1, -0.05) is 18.5 Å². The second-order valence-electron chi connectivity index (χ2n) is 5.42. The van der Waals surface area contributed by atoms with Crippen molar-refractivity contribution in [2.45, 2.75) is 19.8 Å². The lowest BCUT2D eigenvalue weighted by Gasteiger charge is -2.29. The molecule has 0 saturated carbocycles. The maximum absolute atomic E-state index is 12.4. The van der Waals surface area contributed by atoms with Crippen molar-refractivity contribution in [2.24, 2.45) is 5.92 Å². The number of halogens is 1. The van der Waals surface area contributed by atoms with Gasteiger partial charge < -0.3 is 9.32 Å². The van der Waals surface area contributed by atoms with Crippen molar-refractivity contribution in [1.82, 2.24) is 15.1 Å². The standard InChI is InChI=1S/C15H16ClN3O2/c1-10-3-2-8-19(9-10)15(20)14-18-17-13(21-14)11-4-6-12(16)7-5-11/h4-7,10H,2-3,8-9H2,1H3. The van der Waals surface area contributed by atoms with Crippen molar-refractivity contribution >= 4 is 17.5 Å². The van der Waals surface area contributed by atoms with Crippen molar-refractivity contribution in [3.8, 4) is 11.5 Å². The fraction of sp³-hybridized carbons (Fsp3) is 0.400. The molecule has 6 heteroatoms. The van der Waals surface area contributed by atoms with Crippen LogP contribution in [-0.2, 0) is 0 Å². The molecule has 2 aromatic rings. The highest BCUT2D eigenvalue weighted by Gasteiger charge is 2.26. The van der Waals surface area contributed by atoms with Gasteiger partial charge in [0, 0.05) is 23.7 Å². The molecule has 0 aliphatic carbocycles. The zero-order valence-electron chi connectivity index (χ0n) is 11.8. The molecular formula is C15H16ClN3O2. The Morgan fingerprint density at radius 3 is 2.81 bits per heavy atom. The minimum atomic E-state index is -0.186.